The van der Waals surface area contributed by atoms with Gasteiger partial charge in [0.25, 0.3) is 23.4 Å². The SMILES string of the molecule is O=C(CN(C(=O)c1ccc([N+](=O)[O-])cc1)N1C(=O)[C@@H]2[C@H]3CC[C@@H](C3)[C@H]2C1=O)c1ccc(OC(=O)c2ccc(Br)cc2)cc1. The molecule has 1 aliphatic heterocycles. The topological polar surface area (TPSA) is 144 Å². The van der Waals surface area contributed by atoms with Crippen molar-refractivity contribution in [3.05, 3.63) is 104 Å². The number of ketones is 1. The van der Waals surface area contributed by atoms with E-state index in [0.29, 0.717) is 5.56 Å². The number of fused-ring (bicyclic) bond motifs is 5. The molecule has 6 rings (SSSR count). The molecule has 43 heavy (non-hydrogen) atoms. The quantitative estimate of drug-likeness (QED) is 0.0844. The molecule has 4 atom stereocenters. The number of nitro groups is 1. The van der Waals surface area contributed by atoms with Gasteiger partial charge in [0.2, 0.25) is 0 Å². The lowest BCUT2D eigenvalue weighted by Crippen LogP contribution is -2.52. The molecule has 1 heterocycles. The van der Waals surface area contributed by atoms with Crippen LogP contribution in [0.15, 0.2) is 77.3 Å². The number of hydrazine groups is 1. The van der Waals surface area contributed by atoms with E-state index in [1.54, 1.807) is 24.3 Å². The second-order valence-corrected chi connectivity index (χ2v) is 11.8. The number of hydrogen-bond acceptors (Lipinski definition) is 8. The van der Waals surface area contributed by atoms with E-state index in [-0.39, 0.29) is 34.4 Å². The number of esters is 1. The van der Waals surface area contributed by atoms with Gasteiger partial charge in [-0.15, -0.1) is 0 Å². The first kappa shape index (κ1) is 28.4. The zero-order valence-electron chi connectivity index (χ0n) is 22.6. The summed E-state index contributed by atoms with van der Waals surface area (Å²) < 4.78 is 6.19. The first-order valence-corrected chi connectivity index (χ1v) is 14.5. The van der Waals surface area contributed by atoms with Crippen LogP contribution in [-0.2, 0) is 9.59 Å². The van der Waals surface area contributed by atoms with Gasteiger partial charge in [-0.25, -0.2) is 9.80 Å². The molecule has 3 amide bonds. The molecule has 12 heteroatoms. The number of carbonyl (C=O) groups is 5. The molecule has 0 N–H and O–H groups in total. The normalized spacial score (nSPS) is 21.9. The lowest BCUT2D eigenvalue weighted by Gasteiger charge is -2.30. The number of ether oxygens (including phenoxy) is 1. The van der Waals surface area contributed by atoms with Crippen LogP contribution in [0.3, 0.4) is 0 Å². The third kappa shape index (κ3) is 5.22. The fourth-order valence-electron chi connectivity index (χ4n) is 6.43. The third-order valence-corrected chi connectivity index (χ3v) is 8.99. The smallest absolute Gasteiger partial charge is 0.343 e. The monoisotopic (exact) mass is 645 g/mol. The van der Waals surface area contributed by atoms with Gasteiger partial charge in [0.05, 0.1) is 22.3 Å². The van der Waals surface area contributed by atoms with Crippen molar-refractivity contribution in [2.75, 3.05) is 6.54 Å². The highest BCUT2D eigenvalue weighted by Crippen LogP contribution is 2.56. The fraction of sp³-hybridized carbons (Fsp3) is 0.258. The summed E-state index contributed by atoms with van der Waals surface area (Å²) in [5, 5.41) is 12.8. The zero-order chi connectivity index (χ0) is 30.4. The van der Waals surface area contributed by atoms with Gasteiger partial charge in [0.1, 0.15) is 12.3 Å². The second-order valence-electron chi connectivity index (χ2n) is 10.9. The van der Waals surface area contributed by atoms with E-state index in [4.69, 9.17) is 4.74 Å². The lowest BCUT2D eigenvalue weighted by atomic mass is 9.81. The number of non-ortho nitro benzene ring substituents is 1. The minimum absolute atomic E-state index is 0.0192. The Morgan fingerprint density at radius 2 is 1.37 bits per heavy atom. The minimum atomic E-state index is -0.808. The first-order chi connectivity index (χ1) is 20.6. The molecule has 3 fully saturated rings. The molecule has 3 aromatic carbocycles. The standard InChI is InChI=1S/C31H24BrN3O8/c32-22-9-3-19(4-10-22)31(40)43-24-13-7-17(8-14-24)25(36)16-33(28(37)18-5-11-23(12-6-18)35(41)42)34-29(38)26-20-1-2-21(15-20)27(26)30(34)39/h3-14,20-21,26-27H,1-2,15-16H2/t20-,21-,26+,27+/m0/s1. The predicted molar refractivity (Wildman–Crippen MR) is 154 cm³/mol. The zero-order valence-corrected chi connectivity index (χ0v) is 24.1. The van der Waals surface area contributed by atoms with Crippen molar-refractivity contribution in [2.45, 2.75) is 19.3 Å². The van der Waals surface area contributed by atoms with E-state index in [1.165, 1.54) is 36.4 Å². The van der Waals surface area contributed by atoms with Gasteiger partial charge in [-0.05, 0) is 91.8 Å². The molecule has 218 valence electrons. The van der Waals surface area contributed by atoms with Crippen LogP contribution in [0, 0.1) is 33.8 Å². The van der Waals surface area contributed by atoms with Crippen LogP contribution in [-0.4, -0.2) is 51.0 Å². The van der Waals surface area contributed by atoms with E-state index in [9.17, 15) is 34.1 Å². The van der Waals surface area contributed by atoms with E-state index < -0.39 is 52.8 Å². The Morgan fingerprint density at radius 1 is 0.837 bits per heavy atom. The van der Waals surface area contributed by atoms with E-state index in [0.717, 1.165) is 45.9 Å². The molecule has 1 saturated heterocycles. The van der Waals surface area contributed by atoms with E-state index >= 15 is 0 Å². The summed E-state index contributed by atoms with van der Waals surface area (Å²) in [6, 6.07) is 17.0. The summed E-state index contributed by atoms with van der Waals surface area (Å²) >= 11 is 3.30. The molecule has 2 saturated carbocycles. The summed E-state index contributed by atoms with van der Waals surface area (Å²) in [5.74, 6) is -3.68. The van der Waals surface area contributed by atoms with Gasteiger partial charge in [0, 0.05) is 27.7 Å². The summed E-state index contributed by atoms with van der Waals surface area (Å²) in [7, 11) is 0. The van der Waals surface area contributed by atoms with Crippen LogP contribution < -0.4 is 4.74 Å². The highest BCUT2D eigenvalue weighted by atomic mass is 79.9. The molecule has 3 aliphatic rings. The maximum atomic E-state index is 13.7. The van der Waals surface area contributed by atoms with Crippen LogP contribution in [0.25, 0.3) is 0 Å². The second kappa shape index (κ2) is 11.2. The van der Waals surface area contributed by atoms with Crippen molar-refractivity contribution in [3.63, 3.8) is 0 Å². The number of amides is 3. The van der Waals surface area contributed by atoms with Crippen LogP contribution in [0.1, 0.15) is 50.3 Å². The molecular weight excluding hydrogens is 622 g/mol. The number of halogens is 1. The van der Waals surface area contributed by atoms with Crippen molar-refractivity contribution >= 4 is 51.1 Å². The molecule has 3 aromatic rings. The van der Waals surface area contributed by atoms with Crippen LogP contribution >= 0.6 is 15.9 Å². The number of hydrogen-bond donors (Lipinski definition) is 0. The minimum Gasteiger partial charge on any atom is -0.423 e. The molecule has 0 spiro atoms. The van der Waals surface area contributed by atoms with Crippen molar-refractivity contribution < 1.29 is 33.6 Å². The van der Waals surface area contributed by atoms with Gasteiger partial charge in [0.15, 0.2) is 5.78 Å². The average Bonchev–Trinajstić information content (AvgIpc) is 3.70. The van der Waals surface area contributed by atoms with Gasteiger partial charge in [-0.1, -0.05) is 15.9 Å². The first-order valence-electron chi connectivity index (χ1n) is 13.7. The van der Waals surface area contributed by atoms with Gasteiger partial charge in [-0.2, -0.15) is 5.01 Å². The Kier molecular flexibility index (Phi) is 7.38. The van der Waals surface area contributed by atoms with Crippen molar-refractivity contribution in [1.82, 2.24) is 10.0 Å². The average molecular weight is 646 g/mol. The van der Waals surface area contributed by atoms with Crippen molar-refractivity contribution in [1.29, 1.82) is 0 Å². The summed E-state index contributed by atoms with van der Waals surface area (Å²) in [4.78, 5) is 77.2. The summed E-state index contributed by atoms with van der Waals surface area (Å²) in [5.41, 5.74) is 0.236. The number of benzene rings is 3. The van der Waals surface area contributed by atoms with E-state index in [1.807, 2.05) is 0 Å². The number of imide groups is 1. The number of nitrogens with zero attached hydrogens (tertiary/aromatic N) is 3. The Hall–Kier alpha value is -4.71. The van der Waals surface area contributed by atoms with E-state index in [2.05, 4.69) is 15.9 Å². The predicted octanol–water partition coefficient (Wildman–Crippen LogP) is 4.85. The lowest BCUT2D eigenvalue weighted by molar-refractivity contribution is -0.384. The summed E-state index contributed by atoms with van der Waals surface area (Å²) in [6.07, 6.45) is 2.48. The molecule has 11 nitrogen and oxygen atoms in total. The molecule has 2 aliphatic carbocycles. The van der Waals surface area contributed by atoms with Crippen molar-refractivity contribution in [2.24, 2.45) is 23.7 Å². The Labute approximate surface area is 253 Å². The molecule has 0 radical (unpaired) electrons. The van der Waals surface area contributed by atoms with Gasteiger partial charge < -0.3 is 4.74 Å². The molecule has 2 bridgehead atoms. The Morgan fingerprint density at radius 3 is 1.93 bits per heavy atom. The largest absolute Gasteiger partial charge is 0.423 e. The maximum Gasteiger partial charge on any atom is 0.343 e. The third-order valence-electron chi connectivity index (χ3n) is 8.47. The highest BCUT2D eigenvalue weighted by molar-refractivity contribution is 9.10. The van der Waals surface area contributed by atoms with Crippen molar-refractivity contribution in [3.8, 4) is 5.75 Å². The van der Waals surface area contributed by atoms with Crippen LogP contribution in [0.2, 0.25) is 0 Å². The number of carbonyl (C=O) groups excluding carboxylic acids is 5. The maximum absolute atomic E-state index is 13.7. The Balaban J connectivity index is 1.24. The Bertz CT molecular complexity index is 1630. The number of Topliss-reactive ketones (excluding diaryl/α,β-unsaturated/α-hetero) is 1. The molecule has 0 aromatic heterocycles. The van der Waals surface area contributed by atoms with Crippen LogP contribution in [0.5, 0.6) is 5.75 Å². The fourth-order valence-corrected chi connectivity index (χ4v) is 6.69. The van der Waals surface area contributed by atoms with Crippen LogP contribution in [0.4, 0.5) is 5.69 Å². The van der Waals surface area contributed by atoms with Gasteiger partial charge in [-0.3, -0.25) is 29.3 Å². The molecule has 0 unspecified atom stereocenters. The number of nitro benzene ring substituents is 1. The number of rotatable bonds is 8. The molecular formula is C31H24BrN3O8. The highest BCUT2D eigenvalue weighted by Gasteiger charge is 2.62. The van der Waals surface area contributed by atoms with Gasteiger partial charge >= 0.3 is 5.97 Å². The summed E-state index contributed by atoms with van der Waals surface area (Å²) in [6.45, 7) is -0.625.